The number of hydrogen-bond donors (Lipinski definition) is 1. The van der Waals surface area contributed by atoms with E-state index in [1.54, 1.807) is 23.5 Å². The van der Waals surface area contributed by atoms with Crippen molar-refractivity contribution in [1.82, 2.24) is 9.88 Å². The number of rotatable bonds is 4. The fourth-order valence-corrected chi connectivity index (χ4v) is 4.08. The largest absolute Gasteiger partial charge is 0.359 e. The van der Waals surface area contributed by atoms with Crippen LogP contribution in [0, 0.1) is 5.82 Å². The molecule has 0 bridgehead atoms. The summed E-state index contributed by atoms with van der Waals surface area (Å²) < 4.78 is 19.2. The maximum absolute atomic E-state index is 13.2. The molecular formula is C17H18FN3O2S. The maximum atomic E-state index is 13.2. The smallest absolute Gasteiger partial charge is 0.253 e. The van der Waals surface area contributed by atoms with Gasteiger partial charge in [0.2, 0.25) is 0 Å². The Kier molecular flexibility index (Phi) is 4.07. The number of thiazole rings is 1. The van der Waals surface area contributed by atoms with E-state index in [4.69, 9.17) is 4.74 Å². The van der Waals surface area contributed by atoms with Gasteiger partial charge in [0.15, 0.2) is 0 Å². The van der Waals surface area contributed by atoms with Gasteiger partial charge in [-0.3, -0.25) is 9.69 Å². The Morgan fingerprint density at radius 2 is 2.38 bits per heavy atom. The molecule has 2 fully saturated rings. The first-order valence-corrected chi connectivity index (χ1v) is 8.85. The normalized spacial score (nSPS) is 22.5. The molecule has 1 atom stereocenters. The van der Waals surface area contributed by atoms with Crippen molar-refractivity contribution in [3.8, 4) is 0 Å². The van der Waals surface area contributed by atoms with Crippen LogP contribution in [-0.4, -0.2) is 40.6 Å². The number of ether oxygens (including phenoxy) is 1. The molecule has 0 unspecified atom stereocenters. The van der Waals surface area contributed by atoms with Crippen LogP contribution in [0.4, 0.5) is 10.1 Å². The topological polar surface area (TPSA) is 54.5 Å². The van der Waals surface area contributed by atoms with Gasteiger partial charge < -0.3 is 10.1 Å². The van der Waals surface area contributed by atoms with Crippen molar-refractivity contribution < 1.29 is 13.9 Å². The second-order valence-electron chi connectivity index (χ2n) is 6.40. The van der Waals surface area contributed by atoms with Crippen LogP contribution >= 0.6 is 11.3 Å². The van der Waals surface area contributed by atoms with Crippen LogP contribution in [0.1, 0.15) is 17.8 Å². The molecule has 4 rings (SSSR count). The first-order chi connectivity index (χ1) is 11.6. The highest BCUT2D eigenvalue weighted by Gasteiger charge is 2.50. The zero-order valence-electron chi connectivity index (χ0n) is 13.1. The summed E-state index contributed by atoms with van der Waals surface area (Å²) in [5, 5.41) is 5.81. The van der Waals surface area contributed by atoms with Crippen molar-refractivity contribution in [2.24, 2.45) is 0 Å². The second-order valence-corrected chi connectivity index (χ2v) is 7.38. The van der Waals surface area contributed by atoms with Crippen LogP contribution < -0.4 is 5.32 Å². The zero-order chi connectivity index (χ0) is 16.6. The fraction of sp³-hybridized carbons (Fsp3) is 0.412. The number of benzene rings is 1. The van der Waals surface area contributed by atoms with E-state index in [-0.39, 0.29) is 17.3 Å². The number of amides is 1. The number of anilines is 1. The molecule has 1 aromatic carbocycles. The molecule has 3 heterocycles. The fourth-order valence-electron chi connectivity index (χ4n) is 3.42. The first-order valence-electron chi connectivity index (χ1n) is 7.97. The van der Waals surface area contributed by atoms with Gasteiger partial charge >= 0.3 is 0 Å². The molecule has 126 valence electrons. The van der Waals surface area contributed by atoms with Crippen LogP contribution in [0.3, 0.4) is 0 Å². The molecule has 1 amide bonds. The van der Waals surface area contributed by atoms with Crippen LogP contribution in [0.25, 0.3) is 0 Å². The zero-order valence-corrected chi connectivity index (χ0v) is 13.9. The molecule has 5 nitrogen and oxygen atoms in total. The summed E-state index contributed by atoms with van der Waals surface area (Å²) >= 11 is 1.65. The molecule has 7 heteroatoms. The van der Waals surface area contributed by atoms with Gasteiger partial charge in [-0.05, 0) is 31.0 Å². The minimum atomic E-state index is -0.463. The van der Waals surface area contributed by atoms with Crippen LogP contribution in [-0.2, 0) is 16.1 Å². The van der Waals surface area contributed by atoms with Gasteiger partial charge in [-0.1, -0.05) is 6.07 Å². The molecule has 2 aliphatic rings. The van der Waals surface area contributed by atoms with Crippen molar-refractivity contribution >= 4 is 22.9 Å². The van der Waals surface area contributed by atoms with Gasteiger partial charge in [0.25, 0.3) is 5.91 Å². The van der Waals surface area contributed by atoms with Gasteiger partial charge in [-0.15, -0.1) is 11.3 Å². The predicted octanol–water partition coefficient (Wildman–Crippen LogP) is 2.65. The number of aromatic nitrogens is 1. The van der Waals surface area contributed by atoms with E-state index in [1.165, 1.54) is 12.1 Å². The Hall–Kier alpha value is -1.83. The second kappa shape index (κ2) is 6.23. The van der Waals surface area contributed by atoms with Gasteiger partial charge in [0.05, 0.1) is 12.1 Å². The van der Waals surface area contributed by atoms with Crippen molar-refractivity contribution in [1.29, 1.82) is 0 Å². The lowest BCUT2D eigenvalue weighted by Gasteiger charge is -2.47. The van der Waals surface area contributed by atoms with Crippen molar-refractivity contribution in [2.75, 3.05) is 18.4 Å². The Balaban J connectivity index is 1.30. The van der Waals surface area contributed by atoms with E-state index < -0.39 is 6.10 Å². The lowest BCUT2D eigenvalue weighted by Crippen LogP contribution is -2.61. The van der Waals surface area contributed by atoms with E-state index in [1.807, 2.05) is 11.6 Å². The predicted molar refractivity (Wildman–Crippen MR) is 89.3 cm³/mol. The van der Waals surface area contributed by atoms with E-state index in [9.17, 15) is 9.18 Å². The minimum absolute atomic E-state index is 0.198. The van der Waals surface area contributed by atoms with E-state index in [2.05, 4.69) is 15.2 Å². The molecule has 2 aliphatic heterocycles. The molecule has 0 saturated carbocycles. The average molecular weight is 347 g/mol. The molecule has 2 saturated heterocycles. The van der Waals surface area contributed by atoms with Gasteiger partial charge in [0, 0.05) is 30.4 Å². The molecule has 24 heavy (non-hydrogen) atoms. The Bertz CT molecular complexity index is 731. The summed E-state index contributed by atoms with van der Waals surface area (Å²) in [5.41, 5.74) is 0.254. The number of carbonyl (C=O) groups excluding carboxylic acids is 1. The lowest BCUT2D eigenvalue weighted by atomic mass is 9.91. The number of hydrogen-bond acceptors (Lipinski definition) is 5. The average Bonchev–Trinajstić information content (AvgIpc) is 3.16. The Morgan fingerprint density at radius 3 is 3.12 bits per heavy atom. The van der Waals surface area contributed by atoms with E-state index in [0.717, 1.165) is 31.1 Å². The number of carbonyl (C=O) groups is 1. The van der Waals surface area contributed by atoms with Crippen molar-refractivity contribution in [3.05, 3.63) is 46.7 Å². The number of likely N-dealkylation sites (tertiary alicyclic amines) is 1. The Morgan fingerprint density at radius 1 is 1.50 bits per heavy atom. The highest BCUT2D eigenvalue weighted by molar-refractivity contribution is 7.09. The third-order valence-corrected chi connectivity index (χ3v) is 5.27. The standard InChI is InChI=1S/C17H18FN3O2S/c18-12-2-1-3-13(8-12)20-16(22)14-4-5-17(23-14)10-21(11-17)9-15-19-6-7-24-15/h1-3,6-8,14H,4-5,9-11H2,(H,20,22)/t14-/m1/s1. The third-order valence-electron chi connectivity index (χ3n) is 4.50. The van der Waals surface area contributed by atoms with Crippen LogP contribution in [0.15, 0.2) is 35.8 Å². The highest BCUT2D eigenvalue weighted by Crippen LogP contribution is 2.39. The summed E-state index contributed by atoms with van der Waals surface area (Å²) in [5.74, 6) is -0.565. The van der Waals surface area contributed by atoms with E-state index >= 15 is 0 Å². The molecule has 1 aromatic heterocycles. The molecule has 1 N–H and O–H groups in total. The van der Waals surface area contributed by atoms with Gasteiger partial charge in [-0.2, -0.15) is 0 Å². The summed E-state index contributed by atoms with van der Waals surface area (Å²) in [6.45, 7) is 2.50. The third kappa shape index (κ3) is 3.19. The number of halogens is 1. The van der Waals surface area contributed by atoms with Crippen molar-refractivity contribution in [3.63, 3.8) is 0 Å². The highest BCUT2D eigenvalue weighted by atomic mass is 32.1. The molecule has 2 aromatic rings. The summed E-state index contributed by atoms with van der Waals surface area (Å²) in [4.78, 5) is 18.9. The minimum Gasteiger partial charge on any atom is -0.359 e. The summed E-state index contributed by atoms with van der Waals surface area (Å²) in [6, 6.07) is 5.90. The molecule has 1 spiro atoms. The number of nitrogens with one attached hydrogen (secondary N) is 1. The SMILES string of the molecule is O=C(Nc1cccc(F)c1)[C@H]1CCC2(CN(Cc3nccs3)C2)O1. The van der Waals surface area contributed by atoms with E-state index in [0.29, 0.717) is 12.1 Å². The Labute approximate surface area is 143 Å². The molecular weight excluding hydrogens is 329 g/mol. The summed E-state index contributed by atoms with van der Waals surface area (Å²) in [7, 11) is 0. The van der Waals surface area contributed by atoms with Crippen LogP contribution in [0.5, 0.6) is 0 Å². The molecule has 0 aliphatic carbocycles. The molecule has 0 radical (unpaired) electrons. The van der Waals surface area contributed by atoms with Gasteiger partial charge in [0.1, 0.15) is 16.9 Å². The van der Waals surface area contributed by atoms with Gasteiger partial charge in [-0.25, -0.2) is 9.37 Å². The quantitative estimate of drug-likeness (QED) is 0.924. The first kappa shape index (κ1) is 15.7. The monoisotopic (exact) mass is 347 g/mol. The van der Waals surface area contributed by atoms with Crippen LogP contribution in [0.2, 0.25) is 0 Å². The number of nitrogens with zero attached hydrogens (tertiary/aromatic N) is 2. The lowest BCUT2D eigenvalue weighted by molar-refractivity contribution is -0.153. The van der Waals surface area contributed by atoms with Crippen molar-refractivity contribution in [2.45, 2.75) is 31.1 Å². The summed E-state index contributed by atoms with van der Waals surface area (Å²) in [6.07, 6.45) is 2.93. The maximum Gasteiger partial charge on any atom is 0.253 e.